The smallest absolute Gasteiger partial charge is 0.264 e. The van der Waals surface area contributed by atoms with Gasteiger partial charge in [0.1, 0.15) is 5.82 Å². The van der Waals surface area contributed by atoms with Gasteiger partial charge in [-0.1, -0.05) is 48.2 Å². The van der Waals surface area contributed by atoms with Crippen LogP contribution in [0, 0.1) is 12.7 Å². The monoisotopic (exact) mass is 356 g/mol. The molecule has 128 valence electrons. The predicted octanol–water partition coefficient (Wildman–Crippen LogP) is 3.18. The Kier molecular flexibility index (Phi) is 5.30. The molecule has 0 fully saturated rings. The minimum atomic E-state index is -0.290. The van der Waals surface area contributed by atoms with E-state index in [1.165, 1.54) is 39.7 Å². The normalized spacial score (nSPS) is 11.1. The number of thioether (sulfide) groups is 1. The lowest BCUT2D eigenvalue weighted by Gasteiger charge is -2.05. The van der Waals surface area contributed by atoms with Crippen molar-refractivity contribution < 1.29 is 4.39 Å². The molecule has 6 nitrogen and oxygen atoms in total. The summed E-state index contributed by atoms with van der Waals surface area (Å²) < 4.78 is 14.2. The summed E-state index contributed by atoms with van der Waals surface area (Å²) in [6, 6.07) is 14.1. The molecule has 0 saturated carbocycles. The molecular weight excluding hydrogens is 339 g/mol. The van der Waals surface area contributed by atoms with Gasteiger partial charge in [0, 0.05) is 5.75 Å². The Hall–Kier alpha value is -2.87. The van der Waals surface area contributed by atoms with E-state index < -0.39 is 0 Å². The summed E-state index contributed by atoms with van der Waals surface area (Å²) in [7, 11) is 0. The fourth-order valence-electron chi connectivity index (χ4n) is 2.08. The van der Waals surface area contributed by atoms with Gasteiger partial charge in [-0.3, -0.25) is 0 Å². The van der Waals surface area contributed by atoms with Crippen molar-refractivity contribution in [1.82, 2.24) is 14.9 Å². The largest absolute Gasteiger partial charge is 0.334 e. The van der Waals surface area contributed by atoms with Gasteiger partial charge in [0.05, 0.1) is 6.21 Å². The molecule has 3 N–H and O–H groups in total. The molecule has 0 amide bonds. The molecular formula is C17H17FN6S. The summed E-state index contributed by atoms with van der Waals surface area (Å²) in [5.41, 5.74) is 5.93. The molecule has 1 heterocycles. The number of hydrogen-bond acceptors (Lipinski definition) is 6. The molecule has 0 atom stereocenters. The lowest BCUT2D eigenvalue weighted by molar-refractivity contribution is 0.628. The molecule has 3 aromatic rings. The highest BCUT2D eigenvalue weighted by Gasteiger charge is 2.10. The number of hydrazone groups is 1. The summed E-state index contributed by atoms with van der Waals surface area (Å²) >= 11 is 1.50. The average Bonchev–Trinajstić information content (AvgIpc) is 2.96. The molecule has 0 spiro atoms. The molecule has 1 aromatic heterocycles. The second-order valence-electron chi connectivity index (χ2n) is 5.31. The maximum Gasteiger partial charge on any atom is 0.264 e. The first-order valence-electron chi connectivity index (χ1n) is 7.56. The van der Waals surface area contributed by atoms with E-state index in [1.807, 2.05) is 12.1 Å². The highest BCUT2D eigenvalue weighted by Crippen LogP contribution is 2.23. The van der Waals surface area contributed by atoms with E-state index in [9.17, 15) is 4.39 Å². The first kappa shape index (κ1) is 17.0. The lowest BCUT2D eigenvalue weighted by Crippen LogP contribution is -2.13. The molecule has 0 bridgehead atoms. The highest BCUT2D eigenvalue weighted by atomic mass is 32.2. The van der Waals surface area contributed by atoms with E-state index in [-0.39, 0.29) is 5.82 Å². The van der Waals surface area contributed by atoms with E-state index >= 15 is 0 Å². The Balaban J connectivity index is 1.61. The first-order chi connectivity index (χ1) is 12.1. The number of nitrogens with zero attached hydrogens (tertiary/aromatic N) is 4. The van der Waals surface area contributed by atoms with Crippen molar-refractivity contribution in [2.45, 2.75) is 17.8 Å². The van der Waals surface area contributed by atoms with E-state index in [4.69, 9.17) is 5.84 Å². The standard InChI is InChI=1S/C17H17FN6S/c1-12-4-2-3-5-14(12)11-25-17-23-22-16(24(17)19)21-20-10-13-6-8-15(18)9-7-13/h2-10H,11,19H2,1H3,(H,21,22)/b20-10+. The number of aryl methyl sites for hydroxylation is 1. The Labute approximate surface area is 148 Å². The van der Waals surface area contributed by atoms with Crippen molar-refractivity contribution in [3.8, 4) is 0 Å². The van der Waals surface area contributed by atoms with Crippen LogP contribution in [-0.4, -0.2) is 21.1 Å². The topological polar surface area (TPSA) is 81.1 Å². The molecule has 3 rings (SSSR count). The van der Waals surface area contributed by atoms with E-state index in [2.05, 4.69) is 39.8 Å². The summed E-state index contributed by atoms with van der Waals surface area (Å²) in [5, 5.41) is 12.7. The number of halogens is 1. The number of nitrogen functional groups attached to an aromatic ring is 1. The number of hydrogen-bond donors (Lipinski definition) is 2. The molecule has 0 radical (unpaired) electrons. The molecule has 8 heteroatoms. The number of aromatic nitrogens is 3. The van der Waals surface area contributed by atoms with Gasteiger partial charge in [0.2, 0.25) is 5.16 Å². The van der Waals surface area contributed by atoms with Gasteiger partial charge in [-0.25, -0.2) is 14.5 Å². The number of anilines is 1. The summed E-state index contributed by atoms with van der Waals surface area (Å²) in [6.45, 7) is 2.07. The zero-order valence-electron chi connectivity index (χ0n) is 13.6. The van der Waals surface area contributed by atoms with Crippen LogP contribution in [0.15, 0.2) is 58.8 Å². The van der Waals surface area contributed by atoms with Crippen molar-refractivity contribution in [2.75, 3.05) is 11.3 Å². The average molecular weight is 356 g/mol. The van der Waals surface area contributed by atoms with Gasteiger partial charge < -0.3 is 5.84 Å². The van der Waals surface area contributed by atoms with E-state index in [0.29, 0.717) is 11.1 Å². The predicted molar refractivity (Wildman–Crippen MR) is 98.5 cm³/mol. The minimum Gasteiger partial charge on any atom is -0.334 e. The number of nitrogens with one attached hydrogen (secondary N) is 1. The molecule has 2 aromatic carbocycles. The van der Waals surface area contributed by atoms with Crippen molar-refractivity contribution in [1.29, 1.82) is 0 Å². The number of benzene rings is 2. The number of nitrogens with two attached hydrogens (primary N) is 1. The molecule has 25 heavy (non-hydrogen) atoms. The third-order valence-corrected chi connectivity index (χ3v) is 4.52. The van der Waals surface area contributed by atoms with Crippen molar-refractivity contribution >= 4 is 23.9 Å². The Morgan fingerprint density at radius 3 is 2.72 bits per heavy atom. The van der Waals surface area contributed by atoms with Crippen LogP contribution in [0.25, 0.3) is 0 Å². The van der Waals surface area contributed by atoms with Crippen molar-refractivity contribution in [3.63, 3.8) is 0 Å². The first-order valence-corrected chi connectivity index (χ1v) is 8.54. The quantitative estimate of drug-likeness (QED) is 0.307. The van der Waals surface area contributed by atoms with Crippen molar-refractivity contribution in [2.24, 2.45) is 5.10 Å². The molecule has 0 aliphatic carbocycles. The summed E-state index contributed by atoms with van der Waals surface area (Å²) in [6.07, 6.45) is 1.55. The highest BCUT2D eigenvalue weighted by molar-refractivity contribution is 7.98. The summed E-state index contributed by atoms with van der Waals surface area (Å²) in [5.74, 6) is 6.78. The van der Waals surface area contributed by atoms with E-state index in [1.54, 1.807) is 18.3 Å². The lowest BCUT2D eigenvalue weighted by atomic mass is 10.1. The third-order valence-electron chi connectivity index (χ3n) is 3.53. The SMILES string of the molecule is Cc1ccccc1CSc1nnc(N/N=C/c2ccc(F)cc2)n1N. The minimum absolute atomic E-state index is 0.290. The van der Waals surface area contributed by atoms with Crippen LogP contribution in [0.5, 0.6) is 0 Å². The third kappa shape index (κ3) is 4.36. The summed E-state index contributed by atoms with van der Waals surface area (Å²) in [4.78, 5) is 0. The number of rotatable bonds is 6. The fraction of sp³-hybridized carbons (Fsp3) is 0.118. The van der Waals surface area contributed by atoms with Gasteiger partial charge in [-0.05, 0) is 35.7 Å². The van der Waals surface area contributed by atoms with Gasteiger partial charge in [-0.15, -0.1) is 10.2 Å². The Morgan fingerprint density at radius 1 is 1.20 bits per heavy atom. The molecule has 0 unspecified atom stereocenters. The van der Waals surface area contributed by atoms with Gasteiger partial charge in [0.25, 0.3) is 5.95 Å². The van der Waals surface area contributed by atoms with Crippen LogP contribution in [-0.2, 0) is 5.75 Å². The van der Waals surface area contributed by atoms with E-state index in [0.717, 1.165) is 11.3 Å². The maximum atomic E-state index is 12.8. The maximum absolute atomic E-state index is 12.8. The molecule has 0 aliphatic heterocycles. The van der Waals surface area contributed by atoms with Crippen LogP contribution in [0.4, 0.5) is 10.3 Å². The Morgan fingerprint density at radius 2 is 1.96 bits per heavy atom. The van der Waals surface area contributed by atoms with Gasteiger partial charge >= 0.3 is 0 Å². The van der Waals surface area contributed by atoms with Gasteiger partial charge in [0.15, 0.2) is 0 Å². The second-order valence-corrected chi connectivity index (χ2v) is 6.26. The van der Waals surface area contributed by atoms with Crippen LogP contribution < -0.4 is 11.3 Å². The Bertz CT molecular complexity index is 875. The van der Waals surface area contributed by atoms with Crippen molar-refractivity contribution in [3.05, 3.63) is 71.0 Å². The zero-order valence-corrected chi connectivity index (χ0v) is 14.4. The van der Waals surface area contributed by atoms with Crippen LogP contribution in [0.1, 0.15) is 16.7 Å². The molecule has 0 aliphatic rings. The second kappa shape index (κ2) is 7.80. The van der Waals surface area contributed by atoms with Crippen LogP contribution in [0.2, 0.25) is 0 Å². The fourth-order valence-corrected chi connectivity index (χ4v) is 3.01. The van der Waals surface area contributed by atoms with Crippen LogP contribution >= 0.6 is 11.8 Å². The van der Waals surface area contributed by atoms with Crippen LogP contribution in [0.3, 0.4) is 0 Å². The molecule has 0 saturated heterocycles. The zero-order chi connectivity index (χ0) is 17.6. The van der Waals surface area contributed by atoms with Gasteiger partial charge in [-0.2, -0.15) is 5.10 Å².